The monoisotopic (exact) mass is 323 g/mol. The van der Waals surface area contributed by atoms with Gasteiger partial charge >= 0.3 is 0 Å². The van der Waals surface area contributed by atoms with E-state index < -0.39 is 13.9 Å². The first kappa shape index (κ1) is 16.6. The molecule has 22 heavy (non-hydrogen) atoms. The van der Waals surface area contributed by atoms with Gasteiger partial charge in [-0.1, -0.05) is 31.8 Å². The second kappa shape index (κ2) is 6.58. The fraction of sp³-hybridized carbons (Fsp3) is 0.467. The van der Waals surface area contributed by atoms with Crippen molar-refractivity contribution < 1.29 is 13.9 Å². The molecule has 7 heteroatoms. The molecule has 0 saturated heterocycles. The van der Waals surface area contributed by atoms with E-state index in [4.69, 9.17) is 4.74 Å². The Morgan fingerprint density at radius 3 is 2.77 bits per heavy atom. The molecule has 1 aromatic carbocycles. The summed E-state index contributed by atoms with van der Waals surface area (Å²) >= 11 is 0. The fourth-order valence-electron chi connectivity index (χ4n) is 2.10. The number of halogens is 1. The van der Waals surface area contributed by atoms with E-state index in [0.29, 0.717) is 17.5 Å². The number of fused-ring (bicyclic) bond motifs is 1. The topological polar surface area (TPSA) is 56.2 Å². The molecule has 2 aromatic rings. The van der Waals surface area contributed by atoms with Crippen LogP contribution in [0.2, 0.25) is 25.7 Å². The smallest absolute Gasteiger partial charge is 0.272 e. The second-order valence-corrected chi connectivity index (χ2v) is 12.0. The minimum atomic E-state index is -1.17. The molecule has 0 radical (unpaired) electrons. The van der Waals surface area contributed by atoms with E-state index in [0.717, 1.165) is 6.04 Å². The molecular weight excluding hydrogens is 301 g/mol. The van der Waals surface area contributed by atoms with E-state index in [1.165, 1.54) is 17.8 Å². The molecule has 0 fully saturated rings. The minimum absolute atomic E-state index is 0.138. The summed E-state index contributed by atoms with van der Waals surface area (Å²) in [6.45, 7) is 7.55. The van der Waals surface area contributed by atoms with Gasteiger partial charge in [0.1, 0.15) is 18.1 Å². The molecule has 0 atom stereocenters. The first-order valence-corrected chi connectivity index (χ1v) is 11.0. The minimum Gasteiger partial charge on any atom is -0.360 e. The summed E-state index contributed by atoms with van der Waals surface area (Å²) in [5, 5.41) is 7.22. The Morgan fingerprint density at radius 1 is 1.41 bits per heavy atom. The van der Waals surface area contributed by atoms with Gasteiger partial charge < -0.3 is 10.1 Å². The van der Waals surface area contributed by atoms with Crippen LogP contribution >= 0.6 is 0 Å². The lowest BCUT2D eigenvalue weighted by molar-refractivity contribution is 0.0802. The lowest BCUT2D eigenvalue weighted by Gasteiger charge is -2.15. The van der Waals surface area contributed by atoms with E-state index in [9.17, 15) is 9.18 Å². The molecule has 120 valence electrons. The zero-order chi connectivity index (χ0) is 16.3. The normalized spacial score (nSPS) is 11.9. The Morgan fingerprint density at radius 2 is 2.14 bits per heavy atom. The summed E-state index contributed by atoms with van der Waals surface area (Å²) < 4.78 is 21.1. The van der Waals surface area contributed by atoms with Crippen LogP contribution in [-0.2, 0) is 11.5 Å². The lowest BCUT2D eigenvalue weighted by atomic mass is 10.2. The van der Waals surface area contributed by atoms with Crippen LogP contribution in [0.4, 0.5) is 4.39 Å². The Kier molecular flexibility index (Phi) is 4.97. The van der Waals surface area contributed by atoms with Crippen molar-refractivity contribution in [1.82, 2.24) is 15.1 Å². The zero-order valence-electron chi connectivity index (χ0n) is 13.4. The summed E-state index contributed by atoms with van der Waals surface area (Å²) in [6, 6.07) is 5.64. The van der Waals surface area contributed by atoms with Crippen molar-refractivity contribution in [2.45, 2.75) is 32.4 Å². The van der Waals surface area contributed by atoms with Crippen molar-refractivity contribution in [2.24, 2.45) is 0 Å². The molecule has 1 aromatic heterocycles. The van der Waals surface area contributed by atoms with E-state index in [1.54, 1.807) is 12.1 Å². The highest BCUT2D eigenvalue weighted by Gasteiger charge is 2.19. The van der Waals surface area contributed by atoms with Crippen molar-refractivity contribution in [3.8, 4) is 0 Å². The van der Waals surface area contributed by atoms with E-state index in [2.05, 4.69) is 30.1 Å². The standard InChI is InChI=1S/C15H22FN3O2Si/c1-17-15(20)13-11-6-5-7-12(16)14(11)19(18-13)10-21-8-9-22(2,3)4/h5-7H,8-10H2,1-4H3,(H,17,20). The maximum atomic E-state index is 14.1. The van der Waals surface area contributed by atoms with Crippen LogP contribution < -0.4 is 5.32 Å². The van der Waals surface area contributed by atoms with Gasteiger partial charge in [0.25, 0.3) is 5.91 Å². The molecule has 1 N–H and O–H groups in total. The number of hydrogen-bond donors (Lipinski definition) is 1. The fourth-order valence-corrected chi connectivity index (χ4v) is 2.86. The van der Waals surface area contributed by atoms with Crippen LogP contribution in [0.1, 0.15) is 10.5 Å². The molecule has 2 rings (SSSR count). The van der Waals surface area contributed by atoms with Gasteiger partial charge in [0.05, 0.1) is 0 Å². The highest BCUT2D eigenvalue weighted by Crippen LogP contribution is 2.22. The van der Waals surface area contributed by atoms with E-state index in [1.807, 2.05) is 0 Å². The highest BCUT2D eigenvalue weighted by molar-refractivity contribution is 6.76. The maximum absolute atomic E-state index is 14.1. The molecule has 0 unspecified atom stereocenters. The van der Waals surface area contributed by atoms with Gasteiger partial charge in [0, 0.05) is 27.1 Å². The van der Waals surface area contributed by atoms with Crippen LogP contribution in [-0.4, -0.2) is 37.4 Å². The molecule has 5 nitrogen and oxygen atoms in total. The average molecular weight is 323 g/mol. The molecule has 0 spiro atoms. The van der Waals surface area contributed by atoms with Crippen LogP contribution in [0.25, 0.3) is 10.9 Å². The Balaban J connectivity index is 2.24. The number of benzene rings is 1. The summed E-state index contributed by atoms with van der Waals surface area (Å²) in [7, 11) is 0.353. The number of nitrogens with zero attached hydrogens (tertiary/aromatic N) is 2. The van der Waals surface area contributed by atoms with Crippen LogP contribution in [0.3, 0.4) is 0 Å². The second-order valence-electron chi connectivity index (χ2n) is 6.41. The van der Waals surface area contributed by atoms with Crippen molar-refractivity contribution in [1.29, 1.82) is 0 Å². The molecule has 0 aliphatic heterocycles. The van der Waals surface area contributed by atoms with Crippen LogP contribution in [0.5, 0.6) is 0 Å². The number of hydrogen-bond acceptors (Lipinski definition) is 3. The molecule has 0 bridgehead atoms. The van der Waals surface area contributed by atoms with Crippen molar-refractivity contribution in [2.75, 3.05) is 13.7 Å². The van der Waals surface area contributed by atoms with Gasteiger partial charge in [-0.05, 0) is 12.1 Å². The van der Waals surface area contributed by atoms with Crippen molar-refractivity contribution >= 4 is 24.9 Å². The third-order valence-corrected chi connectivity index (χ3v) is 5.08. The molecule has 1 heterocycles. The van der Waals surface area contributed by atoms with Gasteiger partial charge in [0.15, 0.2) is 5.69 Å². The van der Waals surface area contributed by atoms with Gasteiger partial charge in [0.2, 0.25) is 0 Å². The highest BCUT2D eigenvalue weighted by atomic mass is 28.3. The van der Waals surface area contributed by atoms with Gasteiger partial charge in [-0.3, -0.25) is 4.79 Å². The maximum Gasteiger partial charge on any atom is 0.272 e. The third-order valence-electron chi connectivity index (χ3n) is 3.37. The predicted molar refractivity (Wildman–Crippen MR) is 87.2 cm³/mol. The third kappa shape index (κ3) is 3.72. The zero-order valence-corrected chi connectivity index (χ0v) is 14.4. The SMILES string of the molecule is CNC(=O)c1nn(COCC[Si](C)(C)C)c2c(F)cccc12. The van der Waals surface area contributed by atoms with E-state index in [-0.39, 0.29) is 18.3 Å². The number of para-hydroxylation sites is 1. The molecule has 0 aliphatic carbocycles. The van der Waals surface area contributed by atoms with Crippen molar-refractivity contribution in [3.05, 3.63) is 29.7 Å². The molecule has 1 amide bonds. The number of carbonyl (C=O) groups excluding carboxylic acids is 1. The quantitative estimate of drug-likeness (QED) is 0.657. The Bertz CT molecular complexity index is 679. The first-order chi connectivity index (χ1) is 10.3. The lowest BCUT2D eigenvalue weighted by Crippen LogP contribution is -2.22. The number of carbonyl (C=O) groups is 1. The summed E-state index contributed by atoms with van der Waals surface area (Å²) in [4.78, 5) is 11.9. The van der Waals surface area contributed by atoms with Crippen LogP contribution in [0, 0.1) is 5.82 Å². The number of rotatable bonds is 6. The van der Waals surface area contributed by atoms with Crippen LogP contribution in [0.15, 0.2) is 18.2 Å². The Hall–Kier alpha value is -1.73. The summed E-state index contributed by atoms with van der Waals surface area (Å²) in [5.74, 6) is -0.745. The summed E-state index contributed by atoms with van der Waals surface area (Å²) in [6.07, 6.45) is 0. The number of ether oxygens (including phenoxy) is 1. The molecule has 0 aliphatic rings. The predicted octanol–water partition coefficient (Wildman–Crippen LogP) is 2.85. The van der Waals surface area contributed by atoms with Gasteiger partial charge in [-0.2, -0.15) is 5.10 Å². The van der Waals surface area contributed by atoms with Crippen molar-refractivity contribution in [3.63, 3.8) is 0 Å². The first-order valence-electron chi connectivity index (χ1n) is 7.28. The number of nitrogens with one attached hydrogen (secondary N) is 1. The number of aromatic nitrogens is 2. The molecule has 0 saturated carbocycles. The number of amides is 1. The van der Waals surface area contributed by atoms with Gasteiger partial charge in [-0.25, -0.2) is 9.07 Å². The largest absolute Gasteiger partial charge is 0.360 e. The average Bonchev–Trinajstić information content (AvgIpc) is 2.82. The van der Waals surface area contributed by atoms with Gasteiger partial charge in [-0.15, -0.1) is 0 Å². The molecular formula is C15H22FN3O2Si. The summed E-state index contributed by atoms with van der Waals surface area (Å²) in [5.41, 5.74) is 0.514. The Labute approximate surface area is 130 Å². The van der Waals surface area contributed by atoms with E-state index >= 15 is 0 Å².